The Hall–Kier alpha value is -1.52. The van der Waals surface area contributed by atoms with Crippen LogP contribution in [0.3, 0.4) is 0 Å². The first-order valence-electron chi connectivity index (χ1n) is 10.1. The third-order valence-electron chi connectivity index (χ3n) is 5.94. The van der Waals surface area contributed by atoms with Gasteiger partial charge in [0.1, 0.15) is 0 Å². The lowest BCUT2D eigenvalue weighted by molar-refractivity contribution is -0.129. The molecule has 2 N–H and O–H groups in total. The number of amides is 1. The van der Waals surface area contributed by atoms with Crippen molar-refractivity contribution in [3.63, 3.8) is 0 Å². The van der Waals surface area contributed by atoms with Crippen LogP contribution in [-0.2, 0) is 14.8 Å². The molecular formula is C18H30N4O5S. The Bertz CT molecular complexity index is 754. The van der Waals surface area contributed by atoms with Gasteiger partial charge in [0, 0.05) is 25.4 Å². The standard InChI is InChI=1S/C18H30N4O5S/c1-28(25,26)22-11-15(12-22)17-19-18(27-21-17)14(10-16(23)20-24)9-5-8-13-6-3-2-4-7-13/h13-15,24H,2-12H2,1H3,(H,20,23)/t14-/m1/s1. The number of sulfonamides is 1. The fourth-order valence-corrected chi connectivity index (χ4v) is 5.06. The second-order valence-electron chi connectivity index (χ2n) is 8.14. The maximum Gasteiger partial charge on any atom is 0.244 e. The molecule has 1 saturated carbocycles. The smallest absolute Gasteiger partial charge is 0.244 e. The zero-order valence-electron chi connectivity index (χ0n) is 16.3. The average Bonchev–Trinajstić information content (AvgIpc) is 3.08. The van der Waals surface area contributed by atoms with E-state index in [4.69, 9.17) is 9.73 Å². The molecule has 1 aromatic rings. The van der Waals surface area contributed by atoms with E-state index in [1.54, 1.807) is 5.48 Å². The topological polar surface area (TPSA) is 126 Å². The molecule has 0 radical (unpaired) electrons. The molecule has 158 valence electrons. The van der Waals surface area contributed by atoms with Crippen LogP contribution in [0.1, 0.15) is 81.3 Å². The fraction of sp³-hybridized carbons (Fsp3) is 0.833. The van der Waals surface area contributed by atoms with Crippen LogP contribution in [0, 0.1) is 5.92 Å². The summed E-state index contributed by atoms with van der Waals surface area (Å²) in [5, 5.41) is 12.9. The minimum absolute atomic E-state index is 0.0817. The van der Waals surface area contributed by atoms with Gasteiger partial charge in [0.15, 0.2) is 5.82 Å². The zero-order valence-corrected chi connectivity index (χ0v) is 17.2. The molecule has 9 nitrogen and oxygen atoms in total. The minimum Gasteiger partial charge on any atom is -0.339 e. The number of hydrogen-bond acceptors (Lipinski definition) is 7. The van der Waals surface area contributed by atoms with Crippen molar-refractivity contribution in [3.05, 3.63) is 11.7 Å². The van der Waals surface area contributed by atoms with Crippen molar-refractivity contribution in [1.29, 1.82) is 0 Å². The number of hydrogen-bond donors (Lipinski definition) is 2. The third-order valence-corrected chi connectivity index (χ3v) is 7.17. The first-order chi connectivity index (χ1) is 13.4. The number of nitrogens with zero attached hydrogens (tertiary/aromatic N) is 3. The van der Waals surface area contributed by atoms with E-state index in [0.717, 1.165) is 25.2 Å². The molecule has 2 fully saturated rings. The molecular weight excluding hydrogens is 384 g/mol. The highest BCUT2D eigenvalue weighted by atomic mass is 32.2. The van der Waals surface area contributed by atoms with Crippen LogP contribution < -0.4 is 5.48 Å². The van der Waals surface area contributed by atoms with E-state index in [9.17, 15) is 13.2 Å². The summed E-state index contributed by atoms with van der Waals surface area (Å²) in [6.07, 6.45) is 10.6. The van der Waals surface area contributed by atoms with Gasteiger partial charge in [-0.2, -0.15) is 4.98 Å². The predicted molar refractivity (Wildman–Crippen MR) is 101 cm³/mol. The highest BCUT2D eigenvalue weighted by Crippen LogP contribution is 2.32. The second-order valence-corrected chi connectivity index (χ2v) is 10.1. The van der Waals surface area contributed by atoms with Gasteiger partial charge in [-0.15, -0.1) is 0 Å². The number of aromatic nitrogens is 2. The van der Waals surface area contributed by atoms with Crippen molar-refractivity contribution >= 4 is 15.9 Å². The van der Waals surface area contributed by atoms with E-state index in [1.165, 1.54) is 42.7 Å². The molecule has 1 aliphatic carbocycles. The lowest BCUT2D eigenvalue weighted by Gasteiger charge is -2.34. The third kappa shape index (κ3) is 5.51. The van der Waals surface area contributed by atoms with Crippen LogP contribution >= 0.6 is 0 Å². The molecule has 28 heavy (non-hydrogen) atoms. The van der Waals surface area contributed by atoms with Crippen molar-refractivity contribution in [3.8, 4) is 0 Å². The molecule has 1 aromatic heterocycles. The van der Waals surface area contributed by atoms with Crippen molar-refractivity contribution in [2.24, 2.45) is 5.92 Å². The Labute approximate surface area is 165 Å². The normalized spacial score (nSPS) is 20.6. The Kier molecular flexibility index (Phi) is 7.05. The lowest BCUT2D eigenvalue weighted by atomic mass is 9.84. The summed E-state index contributed by atoms with van der Waals surface area (Å²) in [6, 6.07) is 0. The molecule has 0 aromatic carbocycles. The monoisotopic (exact) mass is 414 g/mol. The van der Waals surface area contributed by atoms with Gasteiger partial charge >= 0.3 is 0 Å². The van der Waals surface area contributed by atoms with Gasteiger partial charge in [0.05, 0.1) is 12.2 Å². The number of carbonyl (C=O) groups excluding carboxylic acids is 1. The number of hydroxylamine groups is 1. The van der Waals surface area contributed by atoms with Gasteiger partial charge in [-0.3, -0.25) is 10.0 Å². The summed E-state index contributed by atoms with van der Waals surface area (Å²) in [7, 11) is -3.19. The van der Waals surface area contributed by atoms with Crippen LogP contribution in [0.15, 0.2) is 4.52 Å². The minimum atomic E-state index is -3.19. The average molecular weight is 415 g/mol. The predicted octanol–water partition coefficient (Wildman–Crippen LogP) is 2.16. The van der Waals surface area contributed by atoms with Gasteiger partial charge in [-0.25, -0.2) is 18.2 Å². The van der Waals surface area contributed by atoms with Crippen molar-refractivity contribution < 1.29 is 22.9 Å². The van der Waals surface area contributed by atoms with Crippen LogP contribution in [0.2, 0.25) is 0 Å². The Balaban J connectivity index is 1.57. The largest absolute Gasteiger partial charge is 0.339 e. The molecule has 1 amide bonds. The van der Waals surface area contributed by atoms with Crippen LogP contribution in [0.5, 0.6) is 0 Å². The van der Waals surface area contributed by atoms with Crippen LogP contribution in [-0.4, -0.2) is 53.3 Å². The van der Waals surface area contributed by atoms with Crippen molar-refractivity contribution in [2.75, 3.05) is 19.3 Å². The Morgan fingerprint density at radius 3 is 2.68 bits per heavy atom. The van der Waals surface area contributed by atoms with E-state index in [-0.39, 0.29) is 18.3 Å². The highest BCUT2D eigenvalue weighted by Gasteiger charge is 2.37. The summed E-state index contributed by atoms with van der Waals surface area (Å²) in [4.78, 5) is 16.1. The molecule has 0 bridgehead atoms. The molecule has 1 atom stereocenters. The van der Waals surface area contributed by atoms with E-state index < -0.39 is 15.9 Å². The summed E-state index contributed by atoms with van der Waals surface area (Å²) in [6.45, 7) is 0.697. The Morgan fingerprint density at radius 1 is 1.32 bits per heavy atom. The SMILES string of the molecule is CS(=O)(=O)N1CC(c2noc([C@H](CCCC3CCCCC3)CC(=O)NO)n2)C1. The molecule has 2 aliphatic rings. The summed E-state index contributed by atoms with van der Waals surface area (Å²) in [5.74, 6) is 0.826. The highest BCUT2D eigenvalue weighted by molar-refractivity contribution is 7.88. The molecule has 10 heteroatoms. The first kappa shape index (κ1) is 21.2. The van der Waals surface area contributed by atoms with Crippen LogP contribution in [0.4, 0.5) is 0 Å². The van der Waals surface area contributed by atoms with E-state index in [2.05, 4.69) is 10.1 Å². The lowest BCUT2D eigenvalue weighted by Crippen LogP contribution is -2.48. The number of nitrogens with one attached hydrogen (secondary N) is 1. The number of rotatable bonds is 9. The Morgan fingerprint density at radius 2 is 2.04 bits per heavy atom. The first-order valence-corrected chi connectivity index (χ1v) is 11.9. The molecule has 0 spiro atoms. The summed E-state index contributed by atoms with van der Waals surface area (Å²) >= 11 is 0. The second kappa shape index (κ2) is 9.32. The zero-order chi connectivity index (χ0) is 20.1. The van der Waals surface area contributed by atoms with Gasteiger partial charge in [0.2, 0.25) is 21.8 Å². The van der Waals surface area contributed by atoms with Gasteiger partial charge in [-0.1, -0.05) is 50.1 Å². The van der Waals surface area contributed by atoms with Gasteiger partial charge in [-0.05, 0) is 12.3 Å². The molecule has 1 aliphatic heterocycles. The molecule has 2 heterocycles. The van der Waals surface area contributed by atoms with E-state index in [1.807, 2.05) is 0 Å². The van der Waals surface area contributed by atoms with Gasteiger partial charge < -0.3 is 4.52 Å². The number of carbonyl (C=O) groups is 1. The van der Waals surface area contributed by atoms with Gasteiger partial charge in [0.25, 0.3) is 0 Å². The summed E-state index contributed by atoms with van der Waals surface area (Å²) < 4.78 is 29.8. The maximum atomic E-state index is 11.7. The van der Waals surface area contributed by atoms with E-state index >= 15 is 0 Å². The van der Waals surface area contributed by atoms with Crippen molar-refractivity contribution in [1.82, 2.24) is 19.9 Å². The molecule has 1 saturated heterocycles. The molecule has 0 unspecified atom stereocenters. The quantitative estimate of drug-likeness (QED) is 0.468. The van der Waals surface area contributed by atoms with Crippen LogP contribution in [0.25, 0.3) is 0 Å². The molecule has 3 rings (SSSR count). The van der Waals surface area contributed by atoms with Crippen molar-refractivity contribution in [2.45, 2.75) is 69.6 Å². The van der Waals surface area contributed by atoms with E-state index in [0.29, 0.717) is 24.8 Å². The summed E-state index contributed by atoms with van der Waals surface area (Å²) in [5.41, 5.74) is 1.68. The maximum absolute atomic E-state index is 11.7. The fourth-order valence-electron chi connectivity index (χ4n) is 4.16.